The van der Waals surface area contributed by atoms with Gasteiger partial charge >= 0.3 is 0 Å². The quantitative estimate of drug-likeness (QED) is 0.792. The predicted octanol–water partition coefficient (Wildman–Crippen LogP) is 2.08. The Morgan fingerprint density at radius 2 is 1.75 bits per heavy atom. The van der Waals surface area contributed by atoms with Crippen LogP contribution in [0.3, 0.4) is 0 Å². The molecule has 4 aliphatic rings. The van der Waals surface area contributed by atoms with Crippen LogP contribution < -0.4 is 5.32 Å². The number of piperidine rings is 3. The summed E-state index contributed by atoms with van der Waals surface area (Å²) in [7, 11) is 2.36. The van der Waals surface area contributed by atoms with Gasteiger partial charge < -0.3 is 10.2 Å². The minimum atomic E-state index is 0.624. The lowest BCUT2D eigenvalue weighted by Crippen LogP contribution is -2.56. The second-order valence-electron chi connectivity index (χ2n) is 8.03. The van der Waals surface area contributed by atoms with Crippen LogP contribution in [0.2, 0.25) is 0 Å². The molecule has 0 aromatic carbocycles. The summed E-state index contributed by atoms with van der Waals surface area (Å²) in [6, 6.07) is 2.67. The standard InChI is InChI=1S/C17H31N3/c1-19-14-4-5-15(19)11-16(10-14)20-9-3-7-17(13-20)6-2-8-18-12-17/h14-16,18H,2-13H2,1H3. The number of fused-ring (bicyclic) bond motifs is 2. The van der Waals surface area contributed by atoms with Crippen LogP contribution >= 0.6 is 0 Å². The van der Waals surface area contributed by atoms with Gasteiger partial charge in [-0.2, -0.15) is 0 Å². The maximum Gasteiger partial charge on any atom is 0.0125 e. The van der Waals surface area contributed by atoms with Gasteiger partial charge in [0.05, 0.1) is 0 Å². The van der Waals surface area contributed by atoms with Crippen molar-refractivity contribution in [2.24, 2.45) is 5.41 Å². The van der Waals surface area contributed by atoms with E-state index in [9.17, 15) is 0 Å². The Labute approximate surface area is 124 Å². The van der Waals surface area contributed by atoms with Gasteiger partial charge in [0.1, 0.15) is 0 Å². The molecular formula is C17H31N3. The smallest absolute Gasteiger partial charge is 0.0125 e. The van der Waals surface area contributed by atoms with Gasteiger partial charge in [-0.15, -0.1) is 0 Å². The highest BCUT2D eigenvalue weighted by Crippen LogP contribution is 2.41. The molecule has 0 aromatic heterocycles. The molecule has 4 rings (SSSR count). The van der Waals surface area contributed by atoms with Crippen molar-refractivity contribution in [2.45, 2.75) is 69.5 Å². The topological polar surface area (TPSA) is 18.5 Å². The summed E-state index contributed by atoms with van der Waals surface area (Å²) < 4.78 is 0. The van der Waals surface area contributed by atoms with E-state index in [0.717, 1.165) is 18.1 Å². The maximum absolute atomic E-state index is 3.67. The molecule has 4 fully saturated rings. The van der Waals surface area contributed by atoms with Gasteiger partial charge in [-0.05, 0) is 76.9 Å². The van der Waals surface area contributed by atoms with E-state index in [4.69, 9.17) is 0 Å². The van der Waals surface area contributed by atoms with Crippen molar-refractivity contribution in [3.8, 4) is 0 Å². The number of likely N-dealkylation sites (tertiary alicyclic amines) is 1. The highest BCUT2D eigenvalue weighted by molar-refractivity contribution is 5.00. The Morgan fingerprint density at radius 3 is 2.45 bits per heavy atom. The Hall–Kier alpha value is -0.120. The molecule has 2 bridgehead atoms. The molecule has 3 heteroatoms. The molecule has 3 nitrogen and oxygen atoms in total. The SMILES string of the molecule is CN1C2CCC1CC(N1CCCC3(CCCNC3)C1)C2. The van der Waals surface area contributed by atoms with Crippen LogP contribution in [-0.2, 0) is 0 Å². The fourth-order valence-electron chi connectivity index (χ4n) is 5.62. The molecule has 3 atom stereocenters. The van der Waals surface area contributed by atoms with Crippen molar-refractivity contribution in [1.82, 2.24) is 15.1 Å². The lowest BCUT2D eigenvalue weighted by molar-refractivity contribution is 0.00390. The summed E-state index contributed by atoms with van der Waals surface area (Å²) in [5.74, 6) is 0. The fraction of sp³-hybridized carbons (Fsp3) is 1.00. The van der Waals surface area contributed by atoms with Crippen LogP contribution in [0.5, 0.6) is 0 Å². The molecule has 20 heavy (non-hydrogen) atoms. The number of nitrogens with one attached hydrogen (secondary N) is 1. The molecule has 114 valence electrons. The van der Waals surface area contributed by atoms with Gasteiger partial charge in [-0.1, -0.05) is 0 Å². The molecule has 0 amide bonds. The van der Waals surface area contributed by atoms with Crippen LogP contribution in [0.4, 0.5) is 0 Å². The van der Waals surface area contributed by atoms with Gasteiger partial charge in [-0.3, -0.25) is 4.90 Å². The summed E-state index contributed by atoms with van der Waals surface area (Å²) in [5, 5.41) is 3.67. The molecular weight excluding hydrogens is 246 g/mol. The van der Waals surface area contributed by atoms with E-state index in [1.165, 1.54) is 77.5 Å². The third-order valence-electron chi connectivity index (χ3n) is 6.84. The van der Waals surface area contributed by atoms with Gasteiger partial charge in [0, 0.05) is 31.2 Å². The zero-order chi connectivity index (χ0) is 13.6. The van der Waals surface area contributed by atoms with E-state index < -0.39 is 0 Å². The molecule has 4 heterocycles. The van der Waals surface area contributed by atoms with E-state index in [1.54, 1.807) is 0 Å². The molecule has 0 saturated carbocycles. The van der Waals surface area contributed by atoms with E-state index in [2.05, 4.69) is 22.2 Å². The average Bonchev–Trinajstić information content (AvgIpc) is 2.70. The Balaban J connectivity index is 1.43. The Morgan fingerprint density at radius 1 is 1.00 bits per heavy atom. The molecule has 0 aromatic rings. The number of rotatable bonds is 1. The van der Waals surface area contributed by atoms with Crippen molar-refractivity contribution >= 4 is 0 Å². The van der Waals surface area contributed by atoms with Gasteiger partial charge in [-0.25, -0.2) is 0 Å². The minimum absolute atomic E-state index is 0.624. The molecule has 3 unspecified atom stereocenters. The van der Waals surface area contributed by atoms with Gasteiger partial charge in [0.15, 0.2) is 0 Å². The molecule has 1 N–H and O–H groups in total. The first-order valence-electron chi connectivity index (χ1n) is 8.93. The first kappa shape index (κ1) is 13.5. The van der Waals surface area contributed by atoms with E-state index in [1.807, 2.05) is 0 Å². The third-order valence-corrected chi connectivity index (χ3v) is 6.84. The van der Waals surface area contributed by atoms with Gasteiger partial charge in [0.2, 0.25) is 0 Å². The maximum atomic E-state index is 3.67. The summed E-state index contributed by atoms with van der Waals surface area (Å²) in [4.78, 5) is 5.58. The van der Waals surface area contributed by atoms with E-state index >= 15 is 0 Å². The highest BCUT2D eigenvalue weighted by atomic mass is 15.2. The number of hydrogen-bond donors (Lipinski definition) is 1. The van der Waals surface area contributed by atoms with Crippen LogP contribution in [0, 0.1) is 5.41 Å². The van der Waals surface area contributed by atoms with E-state index in [-0.39, 0.29) is 0 Å². The first-order chi connectivity index (χ1) is 9.76. The molecule has 1 spiro atoms. The number of hydrogen-bond acceptors (Lipinski definition) is 3. The zero-order valence-electron chi connectivity index (χ0n) is 13.1. The van der Waals surface area contributed by atoms with Crippen LogP contribution in [0.25, 0.3) is 0 Å². The van der Waals surface area contributed by atoms with Crippen molar-refractivity contribution in [2.75, 3.05) is 33.2 Å². The summed E-state index contributed by atoms with van der Waals surface area (Å²) in [6.07, 6.45) is 11.6. The second-order valence-corrected chi connectivity index (χ2v) is 8.03. The van der Waals surface area contributed by atoms with Crippen LogP contribution in [0.15, 0.2) is 0 Å². The van der Waals surface area contributed by atoms with Crippen molar-refractivity contribution in [1.29, 1.82) is 0 Å². The molecule has 4 aliphatic heterocycles. The Bertz CT molecular complexity index is 331. The first-order valence-corrected chi connectivity index (χ1v) is 8.93. The predicted molar refractivity (Wildman–Crippen MR) is 82.9 cm³/mol. The monoisotopic (exact) mass is 277 g/mol. The lowest BCUT2D eigenvalue weighted by atomic mass is 9.73. The van der Waals surface area contributed by atoms with E-state index in [0.29, 0.717) is 5.41 Å². The zero-order valence-corrected chi connectivity index (χ0v) is 13.1. The lowest BCUT2D eigenvalue weighted by Gasteiger charge is -2.50. The normalized spacial score (nSPS) is 47.0. The summed E-state index contributed by atoms with van der Waals surface area (Å²) in [6.45, 7) is 5.28. The summed E-state index contributed by atoms with van der Waals surface area (Å²) in [5.41, 5.74) is 0.624. The molecule has 0 aliphatic carbocycles. The van der Waals surface area contributed by atoms with Gasteiger partial charge in [0.25, 0.3) is 0 Å². The largest absolute Gasteiger partial charge is 0.316 e. The van der Waals surface area contributed by atoms with Crippen molar-refractivity contribution < 1.29 is 0 Å². The minimum Gasteiger partial charge on any atom is -0.316 e. The third kappa shape index (κ3) is 2.32. The molecule has 0 radical (unpaired) electrons. The van der Waals surface area contributed by atoms with Crippen molar-refractivity contribution in [3.63, 3.8) is 0 Å². The van der Waals surface area contributed by atoms with Crippen LogP contribution in [-0.4, -0.2) is 61.2 Å². The Kier molecular flexibility index (Phi) is 3.56. The highest BCUT2D eigenvalue weighted by Gasteiger charge is 2.44. The summed E-state index contributed by atoms with van der Waals surface area (Å²) >= 11 is 0. The number of nitrogens with zero attached hydrogens (tertiary/aromatic N) is 2. The van der Waals surface area contributed by atoms with Crippen molar-refractivity contribution in [3.05, 3.63) is 0 Å². The second kappa shape index (κ2) is 5.26. The average molecular weight is 277 g/mol. The van der Waals surface area contributed by atoms with Crippen LogP contribution in [0.1, 0.15) is 51.4 Å². The fourth-order valence-corrected chi connectivity index (χ4v) is 5.62. The molecule has 4 saturated heterocycles.